The highest BCUT2D eigenvalue weighted by Gasteiger charge is 2.31. The first-order valence-corrected chi connectivity index (χ1v) is 11.9. The van der Waals surface area contributed by atoms with Crippen LogP contribution in [0, 0.1) is 13.8 Å². The lowest BCUT2D eigenvalue weighted by atomic mass is 10.0. The lowest BCUT2D eigenvalue weighted by Crippen LogP contribution is -2.47. The van der Waals surface area contributed by atoms with E-state index in [2.05, 4.69) is 36.6 Å². The van der Waals surface area contributed by atoms with Crippen molar-refractivity contribution in [2.45, 2.75) is 46.6 Å². The van der Waals surface area contributed by atoms with E-state index in [1.165, 1.54) is 12.0 Å². The van der Waals surface area contributed by atoms with Gasteiger partial charge >= 0.3 is 0 Å². The first-order chi connectivity index (χ1) is 14.8. The fourth-order valence-corrected chi connectivity index (χ4v) is 4.78. The van der Waals surface area contributed by atoms with Gasteiger partial charge in [0.1, 0.15) is 0 Å². The number of piperidine rings is 1. The van der Waals surface area contributed by atoms with Gasteiger partial charge in [-0.1, -0.05) is 37.0 Å². The molecule has 1 amide bonds. The molecule has 1 aromatic carbocycles. The average molecular weight is 487 g/mol. The van der Waals surface area contributed by atoms with E-state index in [0.717, 1.165) is 36.5 Å². The van der Waals surface area contributed by atoms with Gasteiger partial charge < -0.3 is 14.5 Å². The Kier molecular flexibility index (Phi) is 12.2. The van der Waals surface area contributed by atoms with Crippen LogP contribution in [0.15, 0.2) is 24.3 Å². The molecule has 2 heterocycles. The summed E-state index contributed by atoms with van der Waals surface area (Å²) in [5, 5.41) is 0.940. The van der Waals surface area contributed by atoms with Crippen LogP contribution < -0.4 is 4.90 Å². The fourth-order valence-electron chi connectivity index (χ4n) is 3.37. The molecule has 0 aliphatic carbocycles. The number of amides is 1. The lowest BCUT2D eigenvalue weighted by molar-refractivity contribution is -0.126. The van der Waals surface area contributed by atoms with Crippen LogP contribution in [-0.2, 0) is 9.53 Å². The number of likely N-dealkylation sites (tertiary alicyclic amines) is 1. The van der Waals surface area contributed by atoms with Crippen LogP contribution in [0.25, 0.3) is 0 Å². The van der Waals surface area contributed by atoms with E-state index < -0.39 is 0 Å². The van der Waals surface area contributed by atoms with Crippen LogP contribution in [0.2, 0.25) is 10.0 Å². The number of halogens is 2. The second-order valence-electron chi connectivity index (χ2n) is 6.96. The maximum atomic E-state index is 13.4. The second-order valence-corrected chi connectivity index (χ2v) is 9.27. The number of thiophene rings is 1. The summed E-state index contributed by atoms with van der Waals surface area (Å²) >= 11 is 14.0. The average Bonchev–Trinajstić information content (AvgIpc) is 3.08. The zero-order valence-corrected chi connectivity index (χ0v) is 21.4. The van der Waals surface area contributed by atoms with Crippen molar-refractivity contribution in [3.05, 3.63) is 49.6 Å². The van der Waals surface area contributed by atoms with Crippen LogP contribution in [0.5, 0.6) is 0 Å². The van der Waals surface area contributed by atoms with E-state index in [9.17, 15) is 4.79 Å². The maximum absolute atomic E-state index is 13.4. The minimum atomic E-state index is -0.0443. The van der Waals surface area contributed by atoms with Crippen molar-refractivity contribution in [1.29, 1.82) is 0 Å². The molecule has 8 heteroatoms. The number of rotatable bonds is 4. The van der Waals surface area contributed by atoms with Gasteiger partial charge in [0.2, 0.25) is 0 Å². The SMILES string of the molecule is CC.COC=O.Cc1cc(N(C(=O)c2ccc(Cl)cc2Cl)C2CCN(C)CC2)c(C)s1. The molecular weight excluding hydrogens is 455 g/mol. The summed E-state index contributed by atoms with van der Waals surface area (Å²) in [6.07, 6.45) is 1.92. The van der Waals surface area contributed by atoms with Crippen LogP contribution in [0.1, 0.15) is 46.8 Å². The summed E-state index contributed by atoms with van der Waals surface area (Å²) in [7, 11) is 3.44. The Labute approximate surface area is 199 Å². The van der Waals surface area contributed by atoms with E-state index in [1.54, 1.807) is 29.5 Å². The summed E-state index contributed by atoms with van der Waals surface area (Å²) in [5.41, 5.74) is 1.52. The standard InChI is InChI=1S/C19H22Cl2N2OS.C2H4O2.C2H6/c1-12-10-18(13(2)25-12)23(15-6-8-22(3)9-7-15)19(24)16-5-4-14(20)11-17(16)21;1-4-2-3;1-2/h4-5,10-11,15H,6-9H2,1-3H3;2H,1H3;1-2H3. The van der Waals surface area contributed by atoms with E-state index in [-0.39, 0.29) is 11.9 Å². The van der Waals surface area contributed by atoms with Crippen LogP contribution in [-0.4, -0.2) is 50.6 Å². The van der Waals surface area contributed by atoms with E-state index in [0.29, 0.717) is 22.1 Å². The molecule has 0 radical (unpaired) electrons. The summed E-state index contributed by atoms with van der Waals surface area (Å²) in [5.74, 6) is -0.0443. The molecule has 5 nitrogen and oxygen atoms in total. The number of anilines is 1. The van der Waals surface area contributed by atoms with Crippen molar-refractivity contribution < 1.29 is 14.3 Å². The molecule has 1 aliphatic rings. The van der Waals surface area contributed by atoms with Crippen molar-refractivity contribution in [3.63, 3.8) is 0 Å². The molecule has 0 unspecified atom stereocenters. The summed E-state index contributed by atoms with van der Waals surface area (Å²) < 4.78 is 3.86. The number of carbonyl (C=O) groups is 2. The summed E-state index contributed by atoms with van der Waals surface area (Å²) in [6, 6.07) is 7.38. The molecule has 1 saturated heterocycles. The van der Waals surface area contributed by atoms with Crippen LogP contribution >= 0.6 is 34.5 Å². The van der Waals surface area contributed by atoms with Gasteiger partial charge in [0.05, 0.1) is 23.4 Å². The van der Waals surface area contributed by atoms with Crippen molar-refractivity contribution >= 4 is 52.6 Å². The first-order valence-electron chi connectivity index (χ1n) is 10.3. The Bertz CT molecular complexity index is 849. The molecule has 3 rings (SSSR count). The molecule has 1 aliphatic heterocycles. The summed E-state index contributed by atoms with van der Waals surface area (Å²) in [4.78, 5) is 29.0. The van der Waals surface area contributed by atoms with Gasteiger partial charge in [-0.05, 0) is 71.1 Å². The van der Waals surface area contributed by atoms with Crippen LogP contribution in [0.3, 0.4) is 0 Å². The minimum Gasteiger partial charge on any atom is -0.471 e. The molecule has 172 valence electrons. The van der Waals surface area contributed by atoms with Crippen molar-refractivity contribution in [3.8, 4) is 0 Å². The first kappa shape index (κ1) is 27.4. The Balaban J connectivity index is 0.000000720. The third-order valence-corrected chi connectivity index (χ3v) is 6.31. The van der Waals surface area contributed by atoms with Gasteiger partial charge in [-0.2, -0.15) is 0 Å². The second kappa shape index (κ2) is 13.7. The van der Waals surface area contributed by atoms with E-state index in [4.69, 9.17) is 28.0 Å². The van der Waals surface area contributed by atoms with Crippen LogP contribution in [0.4, 0.5) is 5.69 Å². The number of aryl methyl sites for hydroxylation is 2. The highest BCUT2D eigenvalue weighted by molar-refractivity contribution is 7.12. The van der Waals surface area contributed by atoms with Crippen molar-refractivity contribution in [2.24, 2.45) is 0 Å². The van der Waals surface area contributed by atoms with Crippen molar-refractivity contribution in [2.75, 3.05) is 32.1 Å². The summed E-state index contributed by atoms with van der Waals surface area (Å²) in [6.45, 7) is 10.5. The molecular formula is C23H32Cl2N2O3S. The maximum Gasteiger partial charge on any atom is 0.292 e. The van der Waals surface area contributed by atoms with Gasteiger partial charge in [0, 0.05) is 20.8 Å². The Morgan fingerprint density at radius 2 is 1.77 bits per heavy atom. The van der Waals surface area contributed by atoms with Crippen molar-refractivity contribution in [1.82, 2.24) is 4.90 Å². The molecule has 0 N–H and O–H groups in total. The normalized spacial score (nSPS) is 13.9. The largest absolute Gasteiger partial charge is 0.471 e. The van der Waals surface area contributed by atoms with Gasteiger partial charge in [0.25, 0.3) is 12.4 Å². The number of benzene rings is 1. The Morgan fingerprint density at radius 1 is 1.19 bits per heavy atom. The molecule has 0 bridgehead atoms. The zero-order chi connectivity index (χ0) is 23.6. The highest BCUT2D eigenvalue weighted by atomic mass is 35.5. The molecule has 1 aromatic heterocycles. The molecule has 0 atom stereocenters. The Hall–Kier alpha value is -1.60. The molecule has 2 aromatic rings. The number of nitrogens with zero attached hydrogens (tertiary/aromatic N) is 2. The quantitative estimate of drug-likeness (QED) is 0.480. The monoisotopic (exact) mass is 486 g/mol. The topological polar surface area (TPSA) is 49.9 Å². The molecule has 0 saturated carbocycles. The third kappa shape index (κ3) is 7.79. The lowest BCUT2D eigenvalue weighted by Gasteiger charge is -2.37. The Morgan fingerprint density at radius 3 is 2.23 bits per heavy atom. The van der Waals surface area contributed by atoms with Gasteiger partial charge in [-0.3, -0.25) is 9.59 Å². The predicted octanol–water partition coefficient (Wildman–Crippen LogP) is 6.23. The smallest absolute Gasteiger partial charge is 0.292 e. The predicted molar refractivity (Wildman–Crippen MR) is 132 cm³/mol. The number of methoxy groups -OCH3 is 1. The molecule has 1 fully saturated rings. The van der Waals surface area contributed by atoms with Gasteiger partial charge in [0.15, 0.2) is 0 Å². The number of hydrogen-bond donors (Lipinski definition) is 0. The van der Waals surface area contributed by atoms with Gasteiger partial charge in [-0.15, -0.1) is 11.3 Å². The fraction of sp³-hybridized carbons (Fsp3) is 0.478. The number of ether oxygens (including phenoxy) is 1. The third-order valence-electron chi connectivity index (χ3n) is 4.80. The van der Waals surface area contributed by atoms with E-state index >= 15 is 0 Å². The number of hydrogen-bond acceptors (Lipinski definition) is 5. The van der Waals surface area contributed by atoms with E-state index in [1.807, 2.05) is 18.7 Å². The van der Waals surface area contributed by atoms with Gasteiger partial charge in [-0.25, -0.2) is 0 Å². The number of carbonyl (C=O) groups excluding carboxylic acids is 2. The zero-order valence-electron chi connectivity index (χ0n) is 19.1. The molecule has 0 spiro atoms. The highest BCUT2D eigenvalue weighted by Crippen LogP contribution is 2.35. The molecule has 31 heavy (non-hydrogen) atoms. The minimum absolute atomic E-state index is 0.0443.